The van der Waals surface area contributed by atoms with Gasteiger partial charge < -0.3 is 10.6 Å². The second kappa shape index (κ2) is 7.22. The van der Waals surface area contributed by atoms with Crippen molar-refractivity contribution in [2.75, 3.05) is 25.0 Å². The molecule has 6 nitrogen and oxygen atoms in total. The smallest absolute Gasteiger partial charge is 0.243 e. The lowest BCUT2D eigenvalue weighted by atomic mass is 10.3. The molecule has 0 bridgehead atoms. The van der Waals surface area contributed by atoms with Crippen molar-refractivity contribution in [1.82, 2.24) is 9.62 Å². The number of nitrogens with zero attached hydrogens (tertiary/aromatic N) is 1. The fraction of sp³-hybridized carbons (Fsp3) is 0.462. The van der Waals surface area contributed by atoms with Crippen LogP contribution < -0.4 is 10.6 Å². The number of benzene rings is 1. The standard InChI is InChI=1S/C13H19N3O3S.ClH/c1-10-9-16(8-7-14-10)20(18,19)13-5-3-12(4-6-13)15-11(2)17;/h3-6,10,14H,7-9H2,1-2H3,(H,15,17);1H. The molecule has 1 atom stereocenters. The van der Waals surface area contributed by atoms with Crippen molar-refractivity contribution in [3.8, 4) is 0 Å². The van der Waals surface area contributed by atoms with Crippen LogP contribution in [-0.4, -0.2) is 44.3 Å². The summed E-state index contributed by atoms with van der Waals surface area (Å²) in [6.45, 7) is 4.97. The fourth-order valence-corrected chi connectivity index (χ4v) is 3.71. The first-order valence-corrected chi connectivity index (χ1v) is 7.95. The first kappa shape index (κ1) is 17.9. The molecular weight excluding hydrogens is 314 g/mol. The number of piperazine rings is 1. The lowest BCUT2D eigenvalue weighted by Gasteiger charge is -2.31. The van der Waals surface area contributed by atoms with Crippen molar-refractivity contribution in [3.63, 3.8) is 0 Å². The summed E-state index contributed by atoms with van der Waals surface area (Å²) in [7, 11) is -3.46. The minimum atomic E-state index is -3.46. The normalized spacial score (nSPS) is 19.6. The van der Waals surface area contributed by atoms with E-state index in [0.29, 0.717) is 25.3 Å². The van der Waals surface area contributed by atoms with Gasteiger partial charge >= 0.3 is 0 Å². The number of amides is 1. The number of rotatable bonds is 3. The Morgan fingerprint density at radius 1 is 1.33 bits per heavy atom. The second-order valence-electron chi connectivity index (χ2n) is 4.92. The Balaban J connectivity index is 0.00000220. The van der Waals surface area contributed by atoms with Gasteiger partial charge in [0.05, 0.1) is 4.90 Å². The van der Waals surface area contributed by atoms with Crippen LogP contribution in [0.3, 0.4) is 0 Å². The zero-order chi connectivity index (χ0) is 14.8. The molecule has 1 saturated heterocycles. The van der Waals surface area contributed by atoms with Crippen molar-refractivity contribution in [1.29, 1.82) is 0 Å². The molecule has 1 amide bonds. The molecule has 1 unspecified atom stereocenters. The minimum absolute atomic E-state index is 0. The molecule has 21 heavy (non-hydrogen) atoms. The maximum Gasteiger partial charge on any atom is 0.243 e. The molecular formula is C13H20ClN3O3S. The molecule has 1 aromatic rings. The Hall–Kier alpha value is -1.15. The van der Waals surface area contributed by atoms with Crippen molar-refractivity contribution >= 4 is 34.0 Å². The third-order valence-electron chi connectivity index (χ3n) is 3.14. The van der Waals surface area contributed by atoms with Crippen LogP contribution in [0, 0.1) is 0 Å². The van der Waals surface area contributed by atoms with E-state index in [1.807, 2.05) is 6.92 Å². The Labute approximate surface area is 131 Å². The van der Waals surface area contributed by atoms with E-state index in [-0.39, 0.29) is 29.3 Å². The van der Waals surface area contributed by atoms with Crippen LogP contribution in [0.2, 0.25) is 0 Å². The van der Waals surface area contributed by atoms with Crippen LogP contribution in [0.4, 0.5) is 5.69 Å². The lowest BCUT2D eigenvalue weighted by molar-refractivity contribution is -0.114. The van der Waals surface area contributed by atoms with E-state index in [1.54, 1.807) is 12.1 Å². The van der Waals surface area contributed by atoms with Gasteiger partial charge in [-0.25, -0.2) is 8.42 Å². The lowest BCUT2D eigenvalue weighted by Crippen LogP contribution is -2.51. The largest absolute Gasteiger partial charge is 0.326 e. The number of nitrogens with one attached hydrogen (secondary N) is 2. The van der Waals surface area contributed by atoms with Gasteiger partial charge in [-0.3, -0.25) is 4.79 Å². The van der Waals surface area contributed by atoms with Gasteiger partial charge in [0.2, 0.25) is 15.9 Å². The summed E-state index contributed by atoms with van der Waals surface area (Å²) in [4.78, 5) is 11.2. The van der Waals surface area contributed by atoms with Crippen LogP contribution in [0.25, 0.3) is 0 Å². The molecule has 0 aromatic heterocycles. The maximum absolute atomic E-state index is 12.5. The molecule has 0 radical (unpaired) electrons. The van der Waals surface area contributed by atoms with Gasteiger partial charge in [-0.05, 0) is 31.2 Å². The number of anilines is 1. The number of hydrogen-bond donors (Lipinski definition) is 2. The number of hydrogen-bond acceptors (Lipinski definition) is 4. The Morgan fingerprint density at radius 2 is 1.95 bits per heavy atom. The number of carbonyl (C=O) groups excluding carboxylic acids is 1. The molecule has 0 spiro atoms. The first-order chi connectivity index (χ1) is 9.39. The maximum atomic E-state index is 12.5. The molecule has 2 N–H and O–H groups in total. The molecule has 1 heterocycles. The van der Waals surface area contributed by atoms with Crippen LogP contribution in [0.5, 0.6) is 0 Å². The quantitative estimate of drug-likeness (QED) is 0.866. The SMILES string of the molecule is CC(=O)Nc1ccc(S(=O)(=O)N2CCNC(C)C2)cc1.Cl. The Morgan fingerprint density at radius 3 is 2.48 bits per heavy atom. The van der Waals surface area contributed by atoms with Crippen LogP contribution in [-0.2, 0) is 14.8 Å². The number of sulfonamides is 1. The highest BCUT2D eigenvalue weighted by molar-refractivity contribution is 7.89. The zero-order valence-corrected chi connectivity index (χ0v) is 13.6. The average molecular weight is 334 g/mol. The topological polar surface area (TPSA) is 78.5 Å². The Bertz CT molecular complexity index is 589. The summed E-state index contributed by atoms with van der Waals surface area (Å²) in [5.41, 5.74) is 0.588. The van der Waals surface area contributed by atoms with Crippen LogP contribution >= 0.6 is 12.4 Å². The van der Waals surface area contributed by atoms with E-state index in [9.17, 15) is 13.2 Å². The van der Waals surface area contributed by atoms with E-state index in [4.69, 9.17) is 0 Å². The van der Waals surface area contributed by atoms with Crippen LogP contribution in [0.15, 0.2) is 29.2 Å². The molecule has 0 saturated carbocycles. The summed E-state index contributed by atoms with van der Waals surface area (Å²) >= 11 is 0. The van der Waals surface area contributed by atoms with Gasteiger partial charge in [-0.15, -0.1) is 12.4 Å². The van der Waals surface area contributed by atoms with E-state index >= 15 is 0 Å². The Kier molecular flexibility index (Phi) is 6.15. The summed E-state index contributed by atoms with van der Waals surface area (Å²) in [5.74, 6) is -0.184. The monoisotopic (exact) mass is 333 g/mol. The molecule has 1 fully saturated rings. The van der Waals surface area contributed by atoms with Gasteiger partial charge in [-0.1, -0.05) is 0 Å². The van der Waals surface area contributed by atoms with Gasteiger partial charge in [0.1, 0.15) is 0 Å². The highest BCUT2D eigenvalue weighted by Crippen LogP contribution is 2.19. The average Bonchev–Trinajstić information content (AvgIpc) is 2.38. The van der Waals surface area contributed by atoms with E-state index in [1.165, 1.54) is 23.4 Å². The third-order valence-corrected chi connectivity index (χ3v) is 5.02. The molecule has 1 aromatic carbocycles. The van der Waals surface area contributed by atoms with Crippen LogP contribution in [0.1, 0.15) is 13.8 Å². The summed E-state index contributed by atoms with van der Waals surface area (Å²) in [6, 6.07) is 6.39. The molecule has 0 aliphatic carbocycles. The highest BCUT2D eigenvalue weighted by atomic mass is 35.5. The molecule has 1 aliphatic rings. The summed E-state index contributed by atoms with van der Waals surface area (Å²) < 4.78 is 26.4. The van der Waals surface area contributed by atoms with E-state index in [0.717, 1.165) is 0 Å². The first-order valence-electron chi connectivity index (χ1n) is 6.51. The van der Waals surface area contributed by atoms with Crippen molar-refractivity contribution < 1.29 is 13.2 Å². The summed E-state index contributed by atoms with van der Waals surface area (Å²) in [6.07, 6.45) is 0. The summed E-state index contributed by atoms with van der Waals surface area (Å²) in [5, 5.41) is 5.83. The molecule has 118 valence electrons. The van der Waals surface area contributed by atoms with Crippen molar-refractivity contribution in [2.24, 2.45) is 0 Å². The number of halogens is 1. The molecule has 8 heteroatoms. The van der Waals surface area contributed by atoms with Gasteiger partial charge in [0, 0.05) is 38.3 Å². The minimum Gasteiger partial charge on any atom is -0.326 e. The van der Waals surface area contributed by atoms with Gasteiger partial charge in [0.15, 0.2) is 0 Å². The van der Waals surface area contributed by atoms with Crippen molar-refractivity contribution in [3.05, 3.63) is 24.3 Å². The second-order valence-corrected chi connectivity index (χ2v) is 6.86. The third kappa shape index (κ3) is 4.41. The van der Waals surface area contributed by atoms with E-state index < -0.39 is 10.0 Å². The fourth-order valence-electron chi connectivity index (χ4n) is 2.18. The van der Waals surface area contributed by atoms with Crippen molar-refractivity contribution in [2.45, 2.75) is 24.8 Å². The highest BCUT2D eigenvalue weighted by Gasteiger charge is 2.28. The van der Waals surface area contributed by atoms with E-state index in [2.05, 4.69) is 10.6 Å². The van der Waals surface area contributed by atoms with Gasteiger partial charge in [0.25, 0.3) is 0 Å². The van der Waals surface area contributed by atoms with Gasteiger partial charge in [-0.2, -0.15) is 4.31 Å². The number of carbonyl (C=O) groups is 1. The molecule has 2 rings (SSSR count). The molecule has 1 aliphatic heterocycles. The zero-order valence-electron chi connectivity index (χ0n) is 12.0. The predicted octanol–water partition coefficient (Wildman–Crippen LogP) is 1.05. The predicted molar refractivity (Wildman–Crippen MR) is 84.2 cm³/mol.